The second kappa shape index (κ2) is 8.17. The van der Waals surface area contributed by atoms with Crippen molar-refractivity contribution in [1.29, 1.82) is 0 Å². The minimum absolute atomic E-state index is 0.0990. The molecule has 7 heteroatoms. The van der Waals surface area contributed by atoms with E-state index in [9.17, 15) is 8.42 Å². The van der Waals surface area contributed by atoms with E-state index in [-0.39, 0.29) is 11.5 Å². The van der Waals surface area contributed by atoms with Gasteiger partial charge in [0, 0.05) is 11.4 Å². The summed E-state index contributed by atoms with van der Waals surface area (Å²) in [5.41, 5.74) is 2.23. The first-order valence-electron chi connectivity index (χ1n) is 9.75. The molecule has 1 atom stereocenters. The van der Waals surface area contributed by atoms with Gasteiger partial charge in [0.05, 0.1) is 16.9 Å². The van der Waals surface area contributed by atoms with E-state index in [1.807, 2.05) is 30.3 Å². The zero-order valence-corrected chi connectivity index (χ0v) is 17.7. The summed E-state index contributed by atoms with van der Waals surface area (Å²) in [7, 11) is -3.11. The zero-order valence-electron chi connectivity index (χ0n) is 16.0. The first-order chi connectivity index (χ1) is 13.5. The molecule has 0 bridgehead atoms. The van der Waals surface area contributed by atoms with Crippen LogP contribution in [0.25, 0.3) is 10.2 Å². The lowest BCUT2D eigenvalue weighted by molar-refractivity contribution is 0.509. The van der Waals surface area contributed by atoms with Crippen molar-refractivity contribution in [3.05, 3.63) is 52.7 Å². The molecule has 0 radical (unpaired) electrons. The topological polar surface area (TPSA) is 72.0 Å². The van der Waals surface area contributed by atoms with E-state index in [0.29, 0.717) is 13.0 Å². The summed E-state index contributed by atoms with van der Waals surface area (Å²) in [6, 6.07) is 9.35. The number of anilines is 1. The summed E-state index contributed by atoms with van der Waals surface area (Å²) >= 11 is 1.78. The van der Waals surface area contributed by atoms with Crippen LogP contribution in [0.4, 0.5) is 5.82 Å². The van der Waals surface area contributed by atoms with Gasteiger partial charge < -0.3 is 5.32 Å². The first-order valence-corrected chi connectivity index (χ1v) is 12.4. The molecule has 1 N–H and O–H groups in total. The Morgan fingerprint density at radius 1 is 1.21 bits per heavy atom. The number of hydrogen-bond donors (Lipinski definition) is 1. The lowest BCUT2D eigenvalue weighted by Gasteiger charge is -2.18. The van der Waals surface area contributed by atoms with Crippen LogP contribution >= 0.6 is 11.3 Å². The van der Waals surface area contributed by atoms with E-state index in [1.54, 1.807) is 17.7 Å². The predicted octanol–water partition coefficient (Wildman–Crippen LogP) is 4.23. The molecule has 1 aliphatic rings. The number of aromatic nitrogens is 2. The molecule has 1 aromatic carbocycles. The maximum absolute atomic E-state index is 12.4. The fourth-order valence-electron chi connectivity index (χ4n) is 3.81. The van der Waals surface area contributed by atoms with Crippen LogP contribution in [0, 0.1) is 5.92 Å². The third-order valence-corrected chi connectivity index (χ3v) is 8.09. The van der Waals surface area contributed by atoms with E-state index in [2.05, 4.69) is 22.2 Å². The Kier molecular flexibility index (Phi) is 5.64. The summed E-state index contributed by atoms with van der Waals surface area (Å²) in [5, 5.41) is 4.50. The third kappa shape index (κ3) is 4.36. The summed E-state index contributed by atoms with van der Waals surface area (Å²) in [5.74, 6) is 1.83. The van der Waals surface area contributed by atoms with E-state index < -0.39 is 9.84 Å². The van der Waals surface area contributed by atoms with Crippen LogP contribution < -0.4 is 5.32 Å². The highest BCUT2D eigenvalue weighted by Crippen LogP contribution is 2.39. The maximum Gasteiger partial charge on any atom is 0.154 e. The van der Waals surface area contributed by atoms with E-state index >= 15 is 0 Å². The normalized spacial score (nSPS) is 16.8. The van der Waals surface area contributed by atoms with E-state index in [1.165, 1.54) is 16.9 Å². The smallest absolute Gasteiger partial charge is 0.154 e. The van der Waals surface area contributed by atoms with Gasteiger partial charge in [-0.1, -0.05) is 37.3 Å². The highest BCUT2D eigenvalue weighted by atomic mass is 32.2. The van der Waals surface area contributed by atoms with Crippen LogP contribution in [0.5, 0.6) is 0 Å². The summed E-state index contributed by atoms with van der Waals surface area (Å²) in [4.78, 5) is 11.4. The fraction of sp³-hybridized carbons (Fsp3) is 0.429. The minimum Gasteiger partial charge on any atom is -0.369 e. The number of rotatable bonds is 7. The number of thiophene rings is 1. The van der Waals surface area contributed by atoms with Gasteiger partial charge in [-0.25, -0.2) is 18.4 Å². The summed E-state index contributed by atoms with van der Waals surface area (Å²) < 4.78 is 24.7. The second-order valence-corrected chi connectivity index (χ2v) is 10.9. The Hall–Kier alpha value is -1.99. The van der Waals surface area contributed by atoms with Gasteiger partial charge in [-0.2, -0.15) is 0 Å². The molecule has 1 unspecified atom stereocenters. The average Bonchev–Trinajstić information content (AvgIpc) is 3.03. The molecule has 0 amide bonds. The van der Waals surface area contributed by atoms with Gasteiger partial charge in [-0.05, 0) is 42.7 Å². The fourth-order valence-corrected chi connectivity index (χ4v) is 6.59. The van der Waals surface area contributed by atoms with Crippen molar-refractivity contribution in [2.45, 2.75) is 38.4 Å². The number of aryl methyl sites for hydroxylation is 1. The molecule has 0 fully saturated rings. The van der Waals surface area contributed by atoms with Crippen LogP contribution in [0.2, 0.25) is 0 Å². The van der Waals surface area contributed by atoms with Crippen LogP contribution in [-0.4, -0.2) is 30.7 Å². The maximum atomic E-state index is 12.4. The van der Waals surface area contributed by atoms with Crippen molar-refractivity contribution in [2.75, 3.05) is 17.6 Å². The first kappa shape index (κ1) is 19.3. The molecule has 0 saturated heterocycles. The largest absolute Gasteiger partial charge is 0.369 e. The van der Waals surface area contributed by atoms with Gasteiger partial charge in [0.2, 0.25) is 0 Å². The predicted molar refractivity (Wildman–Crippen MR) is 116 cm³/mol. The van der Waals surface area contributed by atoms with Crippen LogP contribution in [0.3, 0.4) is 0 Å². The van der Waals surface area contributed by atoms with Crippen molar-refractivity contribution in [3.8, 4) is 0 Å². The molecule has 28 heavy (non-hydrogen) atoms. The van der Waals surface area contributed by atoms with Crippen LogP contribution in [0.1, 0.15) is 35.8 Å². The SMILES string of the molecule is CC1CCc2c(sc3ncnc(NCCCS(=O)(=O)Cc4ccccc4)c23)C1. The molecule has 0 spiro atoms. The van der Waals surface area contributed by atoms with Crippen molar-refractivity contribution in [1.82, 2.24) is 9.97 Å². The number of benzene rings is 1. The number of sulfone groups is 1. The molecular formula is C21H25N3O2S2. The molecule has 5 nitrogen and oxygen atoms in total. The van der Waals surface area contributed by atoms with Gasteiger partial charge in [-0.3, -0.25) is 0 Å². The third-order valence-electron chi connectivity index (χ3n) is 5.25. The molecule has 0 saturated carbocycles. The van der Waals surface area contributed by atoms with E-state index in [4.69, 9.17) is 0 Å². The Bertz CT molecular complexity index is 1060. The van der Waals surface area contributed by atoms with Crippen molar-refractivity contribution >= 4 is 37.2 Å². The summed E-state index contributed by atoms with van der Waals surface area (Å²) in [6.45, 7) is 2.88. The number of hydrogen-bond acceptors (Lipinski definition) is 6. The molecule has 0 aliphatic heterocycles. The van der Waals surface area contributed by atoms with Gasteiger partial charge >= 0.3 is 0 Å². The van der Waals surface area contributed by atoms with Gasteiger partial charge in [0.15, 0.2) is 9.84 Å². The lowest BCUT2D eigenvalue weighted by atomic mass is 9.89. The Morgan fingerprint density at radius 2 is 2.04 bits per heavy atom. The zero-order chi connectivity index (χ0) is 19.6. The van der Waals surface area contributed by atoms with Crippen LogP contribution in [-0.2, 0) is 28.4 Å². The van der Waals surface area contributed by atoms with Gasteiger partial charge in [-0.15, -0.1) is 11.3 Å². The Morgan fingerprint density at radius 3 is 2.86 bits per heavy atom. The molecule has 2 heterocycles. The van der Waals surface area contributed by atoms with Crippen molar-refractivity contribution in [3.63, 3.8) is 0 Å². The second-order valence-electron chi connectivity index (χ2n) is 7.61. The average molecular weight is 416 g/mol. The highest BCUT2D eigenvalue weighted by molar-refractivity contribution is 7.90. The highest BCUT2D eigenvalue weighted by Gasteiger charge is 2.23. The van der Waals surface area contributed by atoms with Gasteiger partial charge in [0.25, 0.3) is 0 Å². The van der Waals surface area contributed by atoms with Crippen LogP contribution in [0.15, 0.2) is 36.7 Å². The molecule has 4 rings (SSSR count). The molecule has 148 valence electrons. The Balaban J connectivity index is 1.40. The van der Waals surface area contributed by atoms with Crippen molar-refractivity contribution < 1.29 is 8.42 Å². The number of nitrogens with zero attached hydrogens (tertiary/aromatic N) is 2. The molecule has 3 aromatic rings. The van der Waals surface area contributed by atoms with E-state index in [0.717, 1.165) is 40.4 Å². The Labute approximate surface area is 170 Å². The number of fused-ring (bicyclic) bond motifs is 3. The minimum atomic E-state index is -3.11. The lowest BCUT2D eigenvalue weighted by Crippen LogP contribution is -2.14. The van der Waals surface area contributed by atoms with Gasteiger partial charge in [0.1, 0.15) is 17.0 Å². The number of nitrogens with one attached hydrogen (secondary N) is 1. The van der Waals surface area contributed by atoms with Crippen molar-refractivity contribution in [2.24, 2.45) is 5.92 Å². The molecule has 1 aliphatic carbocycles. The quantitative estimate of drug-likeness (QED) is 0.585. The molecular weight excluding hydrogens is 390 g/mol. The standard InChI is InChI=1S/C21H25N3O2S2/c1-15-8-9-17-18(12-15)27-21-19(17)20(23-14-24-21)22-10-5-11-28(25,26)13-16-6-3-2-4-7-16/h2-4,6-7,14-15H,5,8-13H2,1H3,(H,22,23,24). The summed E-state index contributed by atoms with van der Waals surface area (Å²) in [6.07, 6.45) is 5.55. The molecule has 2 aromatic heterocycles. The monoisotopic (exact) mass is 415 g/mol.